The zero-order valence-electron chi connectivity index (χ0n) is 8.57. The lowest BCUT2D eigenvalue weighted by Crippen LogP contribution is -2.19. The van der Waals surface area contributed by atoms with E-state index in [2.05, 4.69) is 37.8 Å². The van der Waals surface area contributed by atoms with Crippen LogP contribution in [-0.4, -0.2) is 16.8 Å². The van der Waals surface area contributed by atoms with Crippen molar-refractivity contribution in [2.45, 2.75) is 6.04 Å². The summed E-state index contributed by atoms with van der Waals surface area (Å²) in [4.78, 5) is 0. The zero-order valence-corrected chi connectivity index (χ0v) is 11.0. The molecular weight excluding hydrogens is 274 g/mol. The van der Waals surface area contributed by atoms with Gasteiger partial charge in [0.1, 0.15) is 0 Å². The lowest BCUT2D eigenvalue weighted by Gasteiger charge is -2.14. The van der Waals surface area contributed by atoms with E-state index in [-0.39, 0.29) is 6.04 Å². The van der Waals surface area contributed by atoms with Gasteiger partial charge in [-0.1, -0.05) is 0 Å². The molecule has 5 heteroatoms. The van der Waals surface area contributed by atoms with E-state index in [9.17, 15) is 0 Å². The van der Waals surface area contributed by atoms with Gasteiger partial charge in [-0.2, -0.15) is 5.10 Å². The van der Waals surface area contributed by atoms with E-state index in [1.54, 1.807) is 11.3 Å². The summed E-state index contributed by atoms with van der Waals surface area (Å²) in [6.45, 7) is 0. The molecule has 1 atom stereocenters. The molecule has 0 saturated heterocycles. The minimum atomic E-state index is 0.208. The molecule has 0 aliphatic rings. The van der Waals surface area contributed by atoms with E-state index in [1.165, 1.54) is 11.3 Å². The van der Waals surface area contributed by atoms with Crippen molar-refractivity contribution in [3.05, 3.63) is 38.8 Å². The van der Waals surface area contributed by atoms with Crippen LogP contribution in [0.3, 0.4) is 0 Å². The Morgan fingerprint density at radius 1 is 1.60 bits per heavy atom. The van der Waals surface area contributed by atoms with Gasteiger partial charge in [0.15, 0.2) is 0 Å². The van der Waals surface area contributed by atoms with Gasteiger partial charge in [0, 0.05) is 13.2 Å². The van der Waals surface area contributed by atoms with Crippen molar-refractivity contribution in [3.8, 4) is 0 Å². The number of hydrogen-bond donors (Lipinski definition) is 1. The van der Waals surface area contributed by atoms with Gasteiger partial charge < -0.3 is 5.32 Å². The number of aromatic nitrogens is 2. The van der Waals surface area contributed by atoms with Crippen molar-refractivity contribution in [1.82, 2.24) is 15.1 Å². The lowest BCUT2D eigenvalue weighted by atomic mass is 10.1. The molecule has 0 bridgehead atoms. The van der Waals surface area contributed by atoms with Crippen molar-refractivity contribution in [3.63, 3.8) is 0 Å². The van der Waals surface area contributed by atoms with Gasteiger partial charge in [-0.15, -0.1) is 11.3 Å². The SMILES string of the molecule is CNC(c1csc(Br)c1)c1ccnn1C. The fraction of sp³-hybridized carbons (Fsp3) is 0.300. The average Bonchev–Trinajstić information content (AvgIpc) is 2.79. The smallest absolute Gasteiger partial charge is 0.0754 e. The molecule has 0 aromatic carbocycles. The van der Waals surface area contributed by atoms with E-state index < -0.39 is 0 Å². The van der Waals surface area contributed by atoms with Crippen LogP contribution >= 0.6 is 27.3 Å². The van der Waals surface area contributed by atoms with Crippen molar-refractivity contribution < 1.29 is 0 Å². The van der Waals surface area contributed by atoms with Crippen molar-refractivity contribution in [2.75, 3.05) is 7.05 Å². The fourth-order valence-electron chi connectivity index (χ4n) is 1.63. The van der Waals surface area contributed by atoms with Gasteiger partial charge >= 0.3 is 0 Å². The van der Waals surface area contributed by atoms with Crippen LogP contribution in [0.25, 0.3) is 0 Å². The summed E-state index contributed by atoms with van der Waals surface area (Å²) in [5.74, 6) is 0. The average molecular weight is 286 g/mol. The Hall–Kier alpha value is -0.650. The van der Waals surface area contributed by atoms with Gasteiger partial charge in [0.2, 0.25) is 0 Å². The Labute approximate surface area is 101 Å². The Morgan fingerprint density at radius 3 is 2.87 bits per heavy atom. The molecule has 15 heavy (non-hydrogen) atoms. The number of thiophene rings is 1. The highest BCUT2D eigenvalue weighted by atomic mass is 79.9. The molecule has 0 fully saturated rings. The minimum Gasteiger partial charge on any atom is -0.308 e. The third-order valence-corrected chi connectivity index (χ3v) is 3.89. The molecular formula is C10H12BrN3S. The van der Waals surface area contributed by atoms with Gasteiger partial charge in [-0.3, -0.25) is 4.68 Å². The van der Waals surface area contributed by atoms with Crippen LogP contribution in [0, 0.1) is 0 Å². The van der Waals surface area contributed by atoms with E-state index >= 15 is 0 Å². The summed E-state index contributed by atoms with van der Waals surface area (Å²) in [6.07, 6.45) is 1.82. The maximum absolute atomic E-state index is 4.19. The number of halogens is 1. The highest BCUT2D eigenvalue weighted by molar-refractivity contribution is 9.11. The maximum Gasteiger partial charge on any atom is 0.0754 e. The molecule has 80 valence electrons. The Bertz CT molecular complexity index is 449. The van der Waals surface area contributed by atoms with Crippen LogP contribution in [-0.2, 0) is 7.05 Å². The molecule has 0 spiro atoms. The Morgan fingerprint density at radius 2 is 2.40 bits per heavy atom. The van der Waals surface area contributed by atoms with Gasteiger partial charge in [-0.05, 0) is 46.1 Å². The highest BCUT2D eigenvalue weighted by Gasteiger charge is 2.16. The molecule has 1 N–H and O–H groups in total. The Balaban J connectivity index is 2.36. The predicted molar refractivity (Wildman–Crippen MR) is 66.1 cm³/mol. The van der Waals surface area contributed by atoms with E-state index in [1.807, 2.05) is 31.0 Å². The number of nitrogens with zero attached hydrogens (tertiary/aromatic N) is 2. The predicted octanol–water partition coefficient (Wildman–Crippen LogP) is 2.55. The van der Waals surface area contributed by atoms with Gasteiger partial charge in [0.05, 0.1) is 15.5 Å². The second-order valence-electron chi connectivity index (χ2n) is 3.29. The molecule has 2 rings (SSSR count). The van der Waals surface area contributed by atoms with Crippen LogP contribution in [0.15, 0.2) is 27.5 Å². The van der Waals surface area contributed by atoms with Gasteiger partial charge in [0.25, 0.3) is 0 Å². The first kappa shape index (κ1) is 10.9. The summed E-state index contributed by atoms with van der Waals surface area (Å²) in [5, 5.41) is 9.64. The Kier molecular flexibility index (Phi) is 3.23. The summed E-state index contributed by atoms with van der Waals surface area (Å²) < 4.78 is 3.05. The molecule has 0 radical (unpaired) electrons. The molecule has 0 aliphatic heterocycles. The largest absolute Gasteiger partial charge is 0.308 e. The standard InChI is InChI=1S/C10H12BrN3S/c1-12-10(7-5-9(11)15-6-7)8-3-4-13-14(8)2/h3-6,10,12H,1-2H3. The van der Waals surface area contributed by atoms with Crippen LogP contribution in [0.2, 0.25) is 0 Å². The number of hydrogen-bond acceptors (Lipinski definition) is 3. The monoisotopic (exact) mass is 285 g/mol. The van der Waals surface area contributed by atoms with Crippen LogP contribution < -0.4 is 5.32 Å². The first-order chi connectivity index (χ1) is 7.22. The minimum absolute atomic E-state index is 0.208. The van der Waals surface area contributed by atoms with E-state index in [0.717, 1.165) is 3.79 Å². The number of nitrogens with one attached hydrogen (secondary N) is 1. The summed E-state index contributed by atoms with van der Waals surface area (Å²) >= 11 is 5.18. The first-order valence-corrected chi connectivity index (χ1v) is 6.28. The first-order valence-electron chi connectivity index (χ1n) is 4.61. The lowest BCUT2D eigenvalue weighted by molar-refractivity contribution is 0.607. The molecule has 2 aromatic heterocycles. The van der Waals surface area contributed by atoms with Gasteiger partial charge in [-0.25, -0.2) is 0 Å². The summed E-state index contributed by atoms with van der Waals surface area (Å²) in [5.41, 5.74) is 2.43. The number of aryl methyl sites for hydroxylation is 1. The maximum atomic E-state index is 4.19. The topological polar surface area (TPSA) is 29.9 Å². The molecule has 3 nitrogen and oxygen atoms in total. The quantitative estimate of drug-likeness (QED) is 0.939. The highest BCUT2D eigenvalue weighted by Crippen LogP contribution is 2.28. The summed E-state index contributed by atoms with van der Waals surface area (Å²) in [7, 11) is 3.92. The van der Waals surface area contributed by atoms with Crippen molar-refractivity contribution >= 4 is 27.3 Å². The van der Waals surface area contributed by atoms with Crippen LogP contribution in [0.1, 0.15) is 17.3 Å². The summed E-state index contributed by atoms with van der Waals surface area (Å²) in [6, 6.07) is 4.38. The number of rotatable bonds is 3. The molecule has 2 aromatic rings. The molecule has 0 saturated carbocycles. The van der Waals surface area contributed by atoms with Crippen LogP contribution in [0.5, 0.6) is 0 Å². The molecule has 0 amide bonds. The second-order valence-corrected chi connectivity index (χ2v) is 5.58. The normalized spacial score (nSPS) is 13.0. The molecule has 0 aliphatic carbocycles. The van der Waals surface area contributed by atoms with E-state index in [0.29, 0.717) is 0 Å². The molecule has 1 unspecified atom stereocenters. The fourth-order valence-corrected chi connectivity index (χ4v) is 2.83. The van der Waals surface area contributed by atoms with Crippen molar-refractivity contribution in [1.29, 1.82) is 0 Å². The van der Waals surface area contributed by atoms with Crippen molar-refractivity contribution in [2.24, 2.45) is 7.05 Å². The van der Waals surface area contributed by atoms with E-state index in [4.69, 9.17) is 0 Å². The third-order valence-electron chi connectivity index (χ3n) is 2.36. The zero-order chi connectivity index (χ0) is 10.8. The third kappa shape index (κ3) is 2.14. The molecule has 2 heterocycles. The second kappa shape index (κ2) is 4.47. The van der Waals surface area contributed by atoms with Crippen LogP contribution in [0.4, 0.5) is 0 Å².